The van der Waals surface area contributed by atoms with Crippen LogP contribution in [0.4, 0.5) is 5.82 Å². The highest BCUT2D eigenvalue weighted by atomic mass is 16.4. The number of nitrogens with zero attached hydrogens (tertiary/aromatic N) is 4. The van der Waals surface area contributed by atoms with E-state index >= 15 is 0 Å². The smallest absolute Gasteiger partial charge is 0.303 e. The number of hydrogen-bond donors (Lipinski definition) is 1. The van der Waals surface area contributed by atoms with Crippen LogP contribution >= 0.6 is 0 Å². The number of aryl methyl sites for hydroxylation is 1. The van der Waals surface area contributed by atoms with E-state index in [0.29, 0.717) is 12.5 Å². The fourth-order valence-electron chi connectivity index (χ4n) is 3.40. The molecule has 0 amide bonds. The van der Waals surface area contributed by atoms with E-state index in [-0.39, 0.29) is 6.42 Å². The van der Waals surface area contributed by atoms with Crippen LogP contribution in [0.25, 0.3) is 11.3 Å². The van der Waals surface area contributed by atoms with Crippen LogP contribution in [0.5, 0.6) is 0 Å². The Labute approximate surface area is 154 Å². The van der Waals surface area contributed by atoms with E-state index in [1.165, 1.54) is 0 Å². The molecule has 1 fully saturated rings. The lowest BCUT2D eigenvalue weighted by molar-refractivity contribution is -0.136. The molecule has 1 aromatic carbocycles. The van der Waals surface area contributed by atoms with Crippen molar-refractivity contribution in [3.63, 3.8) is 0 Å². The van der Waals surface area contributed by atoms with Crippen LogP contribution in [0.3, 0.4) is 0 Å². The van der Waals surface area contributed by atoms with Crippen LogP contribution in [0.15, 0.2) is 36.7 Å². The first-order valence-electron chi connectivity index (χ1n) is 9.07. The topological polar surface area (TPSA) is 69.6 Å². The molecule has 0 spiro atoms. The molecule has 6 nitrogen and oxygen atoms in total. The molecule has 2 aromatic rings. The van der Waals surface area contributed by atoms with E-state index in [0.717, 1.165) is 48.6 Å². The molecule has 26 heavy (non-hydrogen) atoms. The summed E-state index contributed by atoms with van der Waals surface area (Å²) in [7, 11) is 4.27. The first-order valence-corrected chi connectivity index (χ1v) is 9.07. The van der Waals surface area contributed by atoms with Crippen LogP contribution in [0, 0.1) is 0 Å². The SMILES string of the molecule is CN(C)C1CCN(c2cncc(-c3cccc(CCC(=O)O)c3)n2)CC1. The number of benzene rings is 1. The van der Waals surface area contributed by atoms with Gasteiger partial charge >= 0.3 is 5.97 Å². The van der Waals surface area contributed by atoms with Gasteiger partial charge in [0.2, 0.25) is 0 Å². The third-order valence-electron chi connectivity index (χ3n) is 4.99. The largest absolute Gasteiger partial charge is 0.481 e. The highest BCUT2D eigenvalue weighted by molar-refractivity contribution is 5.67. The minimum absolute atomic E-state index is 0.135. The molecule has 0 aliphatic carbocycles. The standard InChI is InChI=1S/C20H26N4O2/c1-23(2)17-8-10-24(11-9-17)19-14-21-13-18(22-19)16-5-3-4-15(12-16)6-7-20(25)26/h3-5,12-14,17H,6-11H2,1-2H3,(H,25,26). The van der Waals surface area contributed by atoms with Crippen LogP contribution in [-0.2, 0) is 11.2 Å². The van der Waals surface area contributed by atoms with Gasteiger partial charge in [0.05, 0.1) is 18.1 Å². The third kappa shape index (κ3) is 4.58. The number of anilines is 1. The van der Waals surface area contributed by atoms with Crippen molar-refractivity contribution >= 4 is 11.8 Å². The summed E-state index contributed by atoms with van der Waals surface area (Å²) in [4.78, 5) is 24.6. The average Bonchev–Trinajstić information content (AvgIpc) is 2.67. The van der Waals surface area contributed by atoms with Crippen molar-refractivity contribution in [2.45, 2.75) is 31.7 Å². The van der Waals surface area contributed by atoms with Crippen LogP contribution in [0.2, 0.25) is 0 Å². The van der Waals surface area contributed by atoms with Crippen molar-refractivity contribution in [1.82, 2.24) is 14.9 Å². The second-order valence-electron chi connectivity index (χ2n) is 7.04. The minimum atomic E-state index is -0.779. The van der Waals surface area contributed by atoms with Gasteiger partial charge in [0.15, 0.2) is 0 Å². The summed E-state index contributed by atoms with van der Waals surface area (Å²) in [5.74, 6) is 0.133. The molecule has 1 aliphatic heterocycles. The summed E-state index contributed by atoms with van der Waals surface area (Å²) in [6.45, 7) is 1.97. The number of carboxylic acid groups (broad SMARTS) is 1. The van der Waals surface area contributed by atoms with Crippen molar-refractivity contribution in [3.8, 4) is 11.3 Å². The Kier molecular flexibility index (Phi) is 5.83. The van der Waals surface area contributed by atoms with E-state index in [1.54, 1.807) is 6.20 Å². The first-order chi connectivity index (χ1) is 12.5. The number of piperidine rings is 1. The molecule has 1 saturated heterocycles. The van der Waals surface area contributed by atoms with Gasteiger partial charge in [0, 0.05) is 31.1 Å². The molecule has 6 heteroatoms. The van der Waals surface area contributed by atoms with Gasteiger partial charge in [0.25, 0.3) is 0 Å². The predicted molar refractivity (Wildman–Crippen MR) is 102 cm³/mol. The quantitative estimate of drug-likeness (QED) is 0.860. The summed E-state index contributed by atoms with van der Waals surface area (Å²) in [6, 6.07) is 8.54. The molecule has 1 N–H and O–H groups in total. The van der Waals surface area contributed by atoms with Gasteiger partial charge in [-0.2, -0.15) is 0 Å². The van der Waals surface area contributed by atoms with Crippen molar-refractivity contribution in [2.75, 3.05) is 32.1 Å². The number of aromatic nitrogens is 2. The zero-order valence-electron chi connectivity index (χ0n) is 15.4. The van der Waals surface area contributed by atoms with E-state index in [2.05, 4.69) is 28.9 Å². The number of rotatable bonds is 6. The summed E-state index contributed by atoms with van der Waals surface area (Å²) < 4.78 is 0. The Balaban J connectivity index is 1.73. The van der Waals surface area contributed by atoms with Crippen LogP contribution in [-0.4, -0.2) is 59.2 Å². The number of carbonyl (C=O) groups is 1. The lowest BCUT2D eigenvalue weighted by Crippen LogP contribution is -2.42. The first kappa shape index (κ1) is 18.3. The van der Waals surface area contributed by atoms with Crippen molar-refractivity contribution in [3.05, 3.63) is 42.2 Å². The zero-order chi connectivity index (χ0) is 18.5. The monoisotopic (exact) mass is 354 g/mol. The maximum absolute atomic E-state index is 10.8. The fraction of sp³-hybridized carbons (Fsp3) is 0.450. The number of carboxylic acids is 1. The van der Waals surface area contributed by atoms with Crippen LogP contribution < -0.4 is 4.90 Å². The van der Waals surface area contributed by atoms with Crippen molar-refractivity contribution in [1.29, 1.82) is 0 Å². The lowest BCUT2D eigenvalue weighted by atomic mass is 10.0. The van der Waals surface area contributed by atoms with Gasteiger partial charge < -0.3 is 14.9 Å². The Bertz CT molecular complexity index is 755. The normalized spacial score (nSPS) is 15.4. The zero-order valence-corrected chi connectivity index (χ0v) is 15.4. The molecule has 0 radical (unpaired) electrons. The lowest BCUT2D eigenvalue weighted by Gasteiger charge is -2.35. The molecule has 0 bridgehead atoms. The van der Waals surface area contributed by atoms with E-state index in [1.807, 2.05) is 30.5 Å². The fourth-order valence-corrected chi connectivity index (χ4v) is 3.40. The second-order valence-corrected chi connectivity index (χ2v) is 7.04. The van der Waals surface area contributed by atoms with Crippen molar-refractivity contribution in [2.24, 2.45) is 0 Å². The summed E-state index contributed by atoms with van der Waals surface area (Å²) >= 11 is 0. The Morgan fingerprint density at radius 1 is 1.27 bits per heavy atom. The van der Waals surface area contributed by atoms with Crippen molar-refractivity contribution < 1.29 is 9.90 Å². The number of hydrogen-bond acceptors (Lipinski definition) is 5. The second kappa shape index (κ2) is 8.27. The average molecular weight is 354 g/mol. The van der Waals surface area contributed by atoms with Crippen LogP contribution in [0.1, 0.15) is 24.8 Å². The maximum Gasteiger partial charge on any atom is 0.303 e. The molecule has 0 unspecified atom stereocenters. The highest BCUT2D eigenvalue weighted by Crippen LogP contribution is 2.24. The number of aliphatic carboxylic acids is 1. The Morgan fingerprint density at radius 3 is 2.73 bits per heavy atom. The third-order valence-corrected chi connectivity index (χ3v) is 4.99. The summed E-state index contributed by atoms with van der Waals surface area (Å²) in [5.41, 5.74) is 2.81. The van der Waals surface area contributed by atoms with Gasteiger partial charge in [0.1, 0.15) is 5.82 Å². The summed E-state index contributed by atoms with van der Waals surface area (Å²) in [5, 5.41) is 8.86. The predicted octanol–water partition coefficient (Wildman–Crippen LogP) is 2.69. The van der Waals surface area contributed by atoms with Gasteiger partial charge in [-0.05, 0) is 45.0 Å². The molecule has 0 saturated carbocycles. The molecule has 1 aromatic heterocycles. The molecule has 0 atom stereocenters. The van der Waals surface area contributed by atoms with Gasteiger partial charge in [-0.1, -0.05) is 18.2 Å². The Morgan fingerprint density at radius 2 is 2.04 bits per heavy atom. The molecule has 2 heterocycles. The molecular weight excluding hydrogens is 328 g/mol. The van der Waals surface area contributed by atoms with Gasteiger partial charge in [-0.25, -0.2) is 4.98 Å². The molecule has 3 rings (SSSR count). The highest BCUT2D eigenvalue weighted by Gasteiger charge is 2.21. The van der Waals surface area contributed by atoms with E-state index < -0.39 is 5.97 Å². The summed E-state index contributed by atoms with van der Waals surface area (Å²) in [6.07, 6.45) is 6.51. The molecule has 138 valence electrons. The van der Waals surface area contributed by atoms with Gasteiger partial charge in [-0.15, -0.1) is 0 Å². The van der Waals surface area contributed by atoms with E-state index in [4.69, 9.17) is 10.1 Å². The van der Waals surface area contributed by atoms with Gasteiger partial charge in [-0.3, -0.25) is 9.78 Å². The van der Waals surface area contributed by atoms with E-state index in [9.17, 15) is 4.79 Å². The maximum atomic E-state index is 10.8. The minimum Gasteiger partial charge on any atom is -0.481 e. The Hall–Kier alpha value is -2.47. The molecular formula is C20H26N4O2. The molecule has 1 aliphatic rings.